The van der Waals surface area contributed by atoms with Gasteiger partial charge in [0.15, 0.2) is 11.5 Å². The molecule has 3 aromatic carbocycles. The average molecular weight is 456 g/mol. The fourth-order valence-electron chi connectivity index (χ4n) is 3.59. The standard InChI is InChI=1S/C26H20N2O6/c1-16-2-4-18(5-3-16)14-32-20-9-6-17(7-10-20)12-21-24(29)27-26(31)28(25(21)30)19-8-11-22-23(13-19)34-15-33-22/h2-13H,14-15H2,1H3,(H,27,29,31)/b21-12+. The quantitative estimate of drug-likeness (QED) is 0.461. The van der Waals surface area contributed by atoms with E-state index in [2.05, 4.69) is 5.32 Å². The van der Waals surface area contributed by atoms with Crippen LogP contribution in [0.25, 0.3) is 6.08 Å². The molecule has 0 saturated carbocycles. The number of rotatable bonds is 5. The molecule has 0 atom stereocenters. The van der Waals surface area contributed by atoms with Crippen molar-refractivity contribution in [3.05, 3.63) is 89.0 Å². The topological polar surface area (TPSA) is 94.2 Å². The van der Waals surface area contributed by atoms with Gasteiger partial charge in [-0.2, -0.15) is 0 Å². The van der Waals surface area contributed by atoms with Gasteiger partial charge in [-0.3, -0.25) is 14.9 Å². The predicted octanol–water partition coefficient (Wildman–Crippen LogP) is 3.97. The van der Waals surface area contributed by atoms with Gasteiger partial charge >= 0.3 is 6.03 Å². The second-order valence-corrected chi connectivity index (χ2v) is 7.84. The van der Waals surface area contributed by atoms with Crippen molar-refractivity contribution in [2.45, 2.75) is 13.5 Å². The molecule has 1 saturated heterocycles. The van der Waals surface area contributed by atoms with E-state index in [1.165, 1.54) is 17.7 Å². The van der Waals surface area contributed by atoms with Gasteiger partial charge in [-0.1, -0.05) is 42.0 Å². The highest BCUT2D eigenvalue weighted by atomic mass is 16.7. The lowest BCUT2D eigenvalue weighted by molar-refractivity contribution is -0.122. The predicted molar refractivity (Wildman–Crippen MR) is 124 cm³/mol. The molecule has 2 heterocycles. The third kappa shape index (κ3) is 4.21. The van der Waals surface area contributed by atoms with E-state index in [-0.39, 0.29) is 18.1 Å². The summed E-state index contributed by atoms with van der Waals surface area (Å²) in [6, 6.07) is 18.9. The van der Waals surface area contributed by atoms with Crippen LogP contribution in [0, 0.1) is 6.92 Å². The number of hydrogen-bond donors (Lipinski definition) is 1. The molecule has 8 heteroatoms. The Balaban J connectivity index is 1.33. The van der Waals surface area contributed by atoms with Crippen LogP contribution in [0.2, 0.25) is 0 Å². The van der Waals surface area contributed by atoms with Crippen LogP contribution in [-0.2, 0) is 16.2 Å². The zero-order chi connectivity index (χ0) is 23.7. The first kappa shape index (κ1) is 21.3. The second-order valence-electron chi connectivity index (χ2n) is 7.84. The van der Waals surface area contributed by atoms with Crippen LogP contribution in [0.4, 0.5) is 10.5 Å². The summed E-state index contributed by atoms with van der Waals surface area (Å²) in [5.74, 6) is 0.102. The molecule has 1 fully saturated rings. The first-order chi connectivity index (χ1) is 16.5. The Morgan fingerprint density at radius 3 is 2.44 bits per heavy atom. The third-order valence-electron chi connectivity index (χ3n) is 5.43. The summed E-state index contributed by atoms with van der Waals surface area (Å²) in [7, 11) is 0. The highest BCUT2D eigenvalue weighted by Gasteiger charge is 2.37. The molecule has 0 spiro atoms. The van der Waals surface area contributed by atoms with Crippen molar-refractivity contribution in [1.82, 2.24) is 5.32 Å². The number of amides is 4. The summed E-state index contributed by atoms with van der Waals surface area (Å²) in [4.78, 5) is 38.8. The number of hydrogen-bond acceptors (Lipinski definition) is 6. The average Bonchev–Trinajstić information content (AvgIpc) is 3.30. The van der Waals surface area contributed by atoms with Gasteiger partial charge < -0.3 is 14.2 Å². The highest BCUT2D eigenvalue weighted by molar-refractivity contribution is 6.39. The van der Waals surface area contributed by atoms with Gasteiger partial charge in [0.05, 0.1) is 5.69 Å². The van der Waals surface area contributed by atoms with Crippen LogP contribution in [0.1, 0.15) is 16.7 Å². The van der Waals surface area contributed by atoms with Crippen molar-refractivity contribution in [3.8, 4) is 17.2 Å². The SMILES string of the molecule is Cc1ccc(COc2ccc(/C=C3\C(=O)NC(=O)N(c4ccc5c(c4)OCO5)C3=O)cc2)cc1. The number of aryl methyl sites for hydroxylation is 1. The van der Waals surface area contributed by atoms with Crippen molar-refractivity contribution < 1.29 is 28.6 Å². The molecule has 0 radical (unpaired) electrons. The summed E-state index contributed by atoms with van der Waals surface area (Å²) in [5.41, 5.74) is 2.95. The number of ether oxygens (including phenoxy) is 3. The van der Waals surface area contributed by atoms with E-state index in [0.29, 0.717) is 29.4 Å². The van der Waals surface area contributed by atoms with Crippen molar-refractivity contribution >= 4 is 29.6 Å². The first-order valence-electron chi connectivity index (χ1n) is 10.6. The normalized spacial score (nSPS) is 16.1. The number of barbiturate groups is 1. The molecule has 8 nitrogen and oxygen atoms in total. The number of anilines is 1. The summed E-state index contributed by atoms with van der Waals surface area (Å²) in [6.07, 6.45) is 1.44. The monoisotopic (exact) mass is 456 g/mol. The van der Waals surface area contributed by atoms with Gasteiger partial charge in [0.2, 0.25) is 6.79 Å². The minimum Gasteiger partial charge on any atom is -0.489 e. The maximum absolute atomic E-state index is 13.1. The van der Waals surface area contributed by atoms with Crippen LogP contribution in [0.5, 0.6) is 17.2 Å². The number of fused-ring (bicyclic) bond motifs is 1. The number of carbonyl (C=O) groups excluding carboxylic acids is 3. The van der Waals surface area contributed by atoms with Crippen molar-refractivity contribution in [1.29, 1.82) is 0 Å². The summed E-state index contributed by atoms with van der Waals surface area (Å²) < 4.78 is 16.4. The van der Waals surface area contributed by atoms with Gasteiger partial charge in [-0.15, -0.1) is 0 Å². The van der Waals surface area contributed by atoms with E-state index in [4.69, 9.17) is 14.2 Å². The fourth-order valence-corrected chi connectivity index (χ4v) is 3.59. The Hall–Kier alpha value is -4.59. The maximum atomic E-state index is 13.1. The lowest BCUT2D eigenvalue weighted by Crippen LogP contribution is -2.54. The number of nitrogens with zero attached hydrogens (tertiary/aromatic N) is 1. The van der Waals surface area contributed by atoms with E-state index in [9.17, 15) is 14.4 Å². The molecule has 0 unspecified atom stereocenters. The Morgan fingerprint density at radius 1 is 0.941 bits per heavy atom. The van der Waals surface area contributed by atoms with Crippen LogP contribution in [0.3, 0.4) is 0 Å². The lowest BCUT2D eigenvalue weighted by Gasteiger charge is -2.26. The Morgan fingerprint density at radius 2 is 1.68 bits per heavy atom. The Labute approximate surface area is 195 Å². The maximum Gasteiger partial charge on any atom is 0.335 e. The van der Waals surface area contributed by atoms with Crippen LogP contribution >= 0.6 is 0 Å². The van der Waals surface area contributed by atoms with Gasteiger partial charge in [0, 0.05) is 6.07 Å². The molecule has 5 rings (SSSR count). The molecular formula is C26H20N2O6. The molecule has 170 valence electrons. The number of carbonyl (C=O) groups is 3. The summed E-state index contributed by atoms with van der Waals surface area (Å²) in [6.45, 7) is 2.51. The number of imide groups is 2. The molecule has 3 aromatic rings. The van der Waals surface area contributed by atoms with E-state index >= 15 is 0 Å². The molecule has 0 aromatic heterocycles. The minimum atomic E-state index is -0.828. The molecule has 0 aliphatic carbocycles. The largest absolute Gasteiger partial charge is 0.489 e. The van der Waals surface area contributed by atoms with E-state index in [1.807, 2.05) is 31.2 Å². The summed E-state index contributed by atoms with van der Waals surface area (Å²) >= 11 is 0. The molecule has 1 N–H and O–H groups in total. The first-order valence-corrected chi connectivity index (χ1v) is 10.6. The Kier molecular flexibility index (Phi) is 5.47. The van der Waals surface area contributed by atoms with Crippen molar-refractivity contribution in [2.75, 3.05) is 11.7 Å². The molecule has 2 aliphatic heterocycles. The number of benzene rings is 3. The molecule has 0 bridgehead atoms. The smallest absolute Gasteiger partial charge is 0.335 e. The van der Waals surface area contributed by atoms with Gasteiger partial charge in [0.25, 0.3) is 11.8 Å². The molecule has 2 aliphatic rings. The Bertz CT molecular complexity index is 1310. The minimum absolute atomic E-state index is 0.0628. The number of nitrogens with one attached hydrogen (secondary N) is 1. The van der Waals surface area contributed by atoms with Crippen LogP contribution in [0.15, 0.2) is 72.3 Å². The lowest BCUT2D eigenvalue weighted by atomic mass is 10.1. The fraction of sp³-hybridized carbons (Fsp3) is 0.115. The van der Waals surface area contributed by atoms with E-state index in [0.717, 1.165) is 10.5 Å². The molecular weight excluding hydrogens is 436 g/mol. The van der Waals surface area contributed by atoms with Crippen LogP contribution in [-0.4, -0.2) is 24.6 Å². The zero-order valence-electron chi connectivity index (χ0n) is 18.2. The third-order valence-corrected chi connectivity index (χ3v) is 5.43. The highest BCUT2D eigenvalue weighted by Crippen LogP contribution is 2.36. The zero-order valence-corrected chi connectivity index (χ0v) is 18.2. The van der Waals surface area contributed by atoms with Crippen molar-refractivity contribution in [2.24, 2.45) is 0 Å². The van der Waals surface area contributed by atoms with E-state index in [1.54, 1.807) is 36.4 Å². The molecule has 34 heavy (non-hydrogen) atoms. The van der Waals surface area contributed by atoms with E-state index < -0.39 is 17.8 Å². The van der Waals surface area contributed by atoms with Gasteiger partial charge in [0.1, 0.15) is 17.9 Å². The van der Waals surface area contributed by atoms with Gasteiger partial charge in [-0.05, 0) is 48.4 Å². The van der Waals surface area contributed by atoms with Gasteiger partial charge in [-0.25, -0.2) is 9.69 Å². The number of urea groups is 1. The molecule has 4 amide bonds. The summed E-state index contributed by atoms with van der Waals surface area (Å²) in [5, 5.41) is 2.21. The van der Waals surface area contributed by atoms with Crippen molar-refractivity contribution in [3.63, 3.8) is 0 Å². The van der Waals surface area contributed by atoms with Crippen LogP contribution < -0.4 is 24.4 Å². The second kappa shape index (κ2) is 8.74.